The summed E-state index contributed by atoms with van der Waals surface area (Å²) in [5.41, 5.74) is 7.94. The Morgan fingerprint density at radius 3 is 2.62 bits per heavy atom. The zero-order valence-electron chi connectivity index (χ0n) is 12.2. The van der Waals surface area contributed by atoms with Crippen LogP contribution in [-0.2, 0) is 6.54 Å². The number of carbonyl (C=O) groups excluding carboxylic acids is 1. The van der Waals surface area contributed by atoms with E-state index in [2.05, 4.69) is 4.98 Å². The van der Waals surface area contributed by atoms with Crippen molar-refractivity contribution in [3.8, 4) is 5.75 Å². The number of hydrogen-bond donors (Lipinski definition) is 1. The number of rotatable bonds is 5. The lowest BCUT2D eigenvalue weighted by atomic mass is 10.1. The molecular weight excluding hydrogens is 266 g/mol. The molecule has 0 aliphatic carbocycles. The number of pyridine rings is 1. The third-order valence-electron chi connectivity index (χ3n) is 3.26. The van der Waals surface area contributed by atoms with Gasteiger partial charge in [-0.2, -0.15) is 0 Å². The zero-order valence-corrected chi connectivity index (χ0v) is 12.2. The highest BCUT2D eigenvalue weighted by molar-refractivity contribution is 5.96. The smallest absolute Gasteiger partial charge is 0.258 e. The van der Waals surface area contributed by atoms with Crippen LogP contribution in [0.2, 0.25) is 0 Å². The zero-order chi connectivity index (χ0) is 15.2. The number of nitrogens with zero attached hydrogens (tertiary/aromatic N) is 2. The highest BCUT2D eigenvalue weighted by atomic mass is 16.5. The average molecular weight is 285 g/mol. The van der Waals surface area contributed by atoms with Crippen LogP contribution in [0.1, 0.15) is 22.8 Å². The Hall–Kier alpha value is -2.56. The van der Waals surface area contributed by atoms with E-state index in [1.165, 1.54) is 7.11 Å². The van der Waals surface area contributed by atoms with Crippen LogP contribution >= 0.6 is 0 Å². The van der Waals surface area contributed by atoms with Gasteiger partial charge in [0.05, 0.1) is 18.9 Å². The quantitative estimate of drug-likeness (QED) is 0.856. The van der Waals surface area contributed by atoms with Crippen LogP contribution < -0.4 is 10.5 Å². The summed E-state index contributed by atoms with van der Waals surface area (Å²) in [6, 6.07) is 9.19. The number of nitrogens with two attached hydrogens (primary N) is 1. The second kappa shape index (κ2) is 6.74. The molecule has 1 aromatic heterocycles. The monoisotopic (exact) mass is 285 g/mol. The number of hydrogen-bond acceptors (Lipinski definition) is 4. The van der Waals surface area contributed by atoms with Crippen molar-refractivity contribution < 1.29 is 9.53 Å². The lowest BCUT2D eigenvalue weighted by Gasteiger charge is -2.22. The van der Waals surface area contributed by atoms with Crippen molar-refractivity contribution in [2.24, 2.45) is 0 Å². The van der Waals surface area contributed by atoms with Gasteiger partial charge in [-0.3, -0.25) is 9.78 Å². The molecule has 1 aromatic carbocycles. The van der Waals surface area contributed by atoms with E-state index >= 15 is 0 Å². The first-order valence-electron chi connectivity index (χ1n) is 6.77. The number of ether oxygens (including phenoxy) is 1. The summed E-state index contributed by atoms with van der Waals surface area (Å²) in [6.07, 6.45) is 3.14. The molecular formula is C16H19N3O2. The maximum Gasteiger partial charge on any atom is 0.258 e. The van der Waals surface area contributed by atoms with Gasteiger partial charge in [0.25, 0.3) is 5.91 Å². The van der Waals surface area contributed by atoms with Crippen LogP contribution in [0.3, 0.4) is 0 Å². The average Bonchev–Trinajstić information content (AvgIpc) is 2.53. The lowest BCUT2D eigenvalue weighted by molar-refractivity contribution is 0.0749. The molecule has 0 aliphatic heterocycles. The number of aromatic nitrogens is 1. The third kappa shape index (κ3) is 3.51. The third-order valence-corrected chi connectivity index (χ3v) is 3.26. The summed E-state index contributed by atoms with van der Waals surface area (Å²) in [6.45, 7) is 3.08. The molecule has 110 valence electrons. The van der Waals surface area contributed by atoms with E-state index in [0.717, 1.165) is 5.56 Å². The molecule has 1 amide bonds. The number of anilines is 1. The molecule has 2 aromatic rings. The van der Waals surface area contributed by atoms with E-state index in [9.17, 15) is 4.79 Å². The Morgan fingerprint density at radius 1 is 1.29 bits per heavy atom. The van der Waals surface area contributed by atoms with Crippen molar-refractivity contribution in [2.45, 2.75) is 13.5 Å². The van der Waals surface area contributed by atoms with Gasteiger partial charge in [0, 0.05) is 25.0 Å². The molecule has 0 aliphatic rings. The number of methoxy groups -OCH3 is 1. The van der Waals surface area contributed by atoms with Crippen LogP contribution in [0.5, 0.6) is 5.75 Å². The van der Waals surface area contributed by atoms with Gasteiger partial charge < -0.3 is 15.4 Å². The summed E-state index contributed by atoms with van der Waals surface area (Å²) in [5.74, 6) is 0.409. The Bertz CT molecular complexity index is 611. The standard InChI is InChI=1S/C16H19N3O2/c1-3-19(11-12-4-6-13(17)7-5-12)16(20)14-8-9-18-10-15(14)21-2/h4-10H,3,11,17H2,1-2H3. The molecule has 5 nitrogen and oxygen atoms in total. The van der Waals surface area contributed by atoms with Crippen molar-refractivity contribution in [1.29, 1.82) is 0 Å². The van der Waals surface area contributed by atoms with Crippen molar-refractivity contribution in [2.75, 3.05) is 19.4 Å². The van der Waals surface area contributed by atoms with E-state index in [0.29, 0.717) is 30.1 Å². The minimum absolute atomic E-state index is 0.0754. The van der Waals surface area contributed by atoms with E-state index in [4.69, 9.17) is 10.5 Å². The van der Waals surface area contributed by atoms with E-state index in [1.54, 1.807) is 23.4 Å². The fraction of sp³-hybridized carbons (Fsp3) is 0.250. The van der Waals surface area contributed by atoms with Crippen LogP contribution in [-0.4, -0.2) is 29.4 Å². The molecule has 0 unspecified atom stereocenters. The first-order valence-corrected chi connectivity index (χ1v) is 6.77. The molecule has 0 radical (unpaired) electrons. The minimum atomic E-state index is -0.0754. The van der Waals surface area contributed by atoms with Crippen LogP contribution in [0.25, 0.3) is 0 Å². The summed E-state index contributed by atoms with van der Waals surface area (Å²) >= 11 is 0. The number of carbonyl (C=O) groups is 1. The number of amides is 1. The van der Waals surface area contributed by atoms with Gasteiger partial charge >= 0.3 is 0 Å². The Kier molecular flexibility index (Phi) is 4.77. The van der Waals surface area contributed by atoms with Crippen LogP contribution in [0, 0.1) is 0 Å². The van der Waals surface area contributed by atoms with Crippen molar-refractivity contribution >= 4 is 11.6 Å². The maximum absolute atomic E-state index is 12.6. The highest BCUT2D eigenvalue weighted by Crippen LogP contribution is 2.19. The van der Waals surface area contributed by atoms with Gasteiger partial charge in [-0.1, -0.05) is 12.1 Å². The van der Waals surface area contributed by atoms with E-state index in [-0.39, 0.29) is 5.91 Å². The summed E-state index contributed by atoms with van der Waals surface area (Å²) < 4.78 is 5.20. The number of benzene rings is 1. The molecule has 0 spiro atoms. The molecule has 2 rings (SSSR count). The topological polar surface area (TPSA) is 68.5 Å². The predicted octanol–water partition coefficient (Wildman–Crippen LogP) is 2.33. The van der Waals surface area contributed by atoms with Crippen LogP contribution in [0.4, 0.5) is 5.69 Å². The molecule has 0 fully saturated rings. The summed E-state index contributed by atoms with van der Waals surface area (Å²) in [7, 11) is 1.53. The maximum atomic E-state index is 12.6. The van der Waals surface area contributed by atoms with E-state index in [1.807, 2.05) is 31.2 Å². The Labute approximate surface area is 124 Å². The Morgan fingerprint density at radius 2 is 2.00 bits per heavy atom. The molecule has 5 heteroatoms. The van der Waals surface area contributed by atoms with Crippen molar-refractivity contribution in [3.63, 3.8) is 0 Å². The van der Waals surface area contributed by atoms with Crippen LogP contribution in [0.15, 0.2) is 42.7 Å². The van der Waals surface area contributed by atoms with Gasteiger partial charge in [0.15, 0.2) is 0 Å². The first kappa shape index (κ1) is 14.8. The lowest BCUT2D eigenvalue weighted by Crippen LogP contribution is -2.30. The van der Waals surface area contributed by atoms with Gasteiger partial charge in [0.1, 0.15) is 5.75 Å². The molecule has 2 N–H and O–H groups in total. The van der Waals surface area contributed by atoms with Crippen molar-refractivity contribution in [3.05, 3.63) is 53.9 Å². The molecule has 0 saturated carbocycles. The van der Waals surface area contributed by atoms with E-state index < -0.39 is 0 Å². The molecule has 0 bridgehead atoms. The SMILES string of the molecule is CCN(Cc1ccc(N)cc1)C(=O)c1ccncc1OC. The normalized spacial score (nSPS) is 10.2. The van der Waals surface area contributed by atoms with Gasteiger partial charge in [-0.25, -0.2) is 0 Å². The highest BCUT2D eigenvalue weighted by Gasteiger charge is 2.18. The van der Waals surface area contributed by atoms with Gasteiger partial charge in [-0.15, -0.1) is 0 Å². The first-order chi connectivity index (χ1) is 10.2. The summed E-state index contributed by atoms with van der Waals surface area (Å²) in [5, 5.41) is 0. The summed E-state index contributed by atoms with van der Waals surface area (Å²) in [4.78, 5) is 18.3. The Balaban J connectivity index is 2.20. The minimum Gasteiger partial charge on any atom is -0.494 e. The van der Waals surface area contributed by atoms with Gasteiger partial charge in [0.2, 0.25) is 0 Å². The molecule has 0 saturated heterocycles. The fourth-order valence-corrected chi connectivity index (χ4v) is 2.06. The largest absolute Gasteiger partial charge is 0.494 e. The molecule has 1 heterocycles. The molecule has 21 heavy (non-hydrogen) atoms. The second-order valence-electron chi connectivity index (χ2n) is 4.64. The fourth-order valence-electron chi connectivity index (χ4n) is 2.06. The van der Waals surface area contributed by atoms with Gasteiger partial charge in [-0.05, 0) is 30.7 Å². The number of nitrogen functional groups attached to an aromatic ring is 1. The second-order valence-corrected chi connectivity index (χ2v) is 4.64. The predicted molar refractivity (Wildman–Crippen MR) is 82.1 cm³/mol. The molecule has 0 atom stereocenters. The van der Waals surface area contributed by atoms with Crippen molar-refractivity contribution in [1.82, 2.24) is 9.88 Å².